The van der Waals surface area contributed by atoms with Crippen molar-refractivity contribution in [3.63, 3.8) is 0 Å². The minimum atomic E-state index is 0.194. The quantitative estimate of drug-likeness (QED) is 0.845. The fourth-order valence-corrected chi connectivity index (χ4v) is 1.88. The van der Waals surface area contributed by atoms with Crippen LogP contribution in [-0.4, -0.2) is 16.2 Å². The van der Waals surface area contributed by atoms with E-state index in [-0.39, 0.29) is 11.5 Å². The lowest BCUT2D eigenvalue weighted by atomic mass is 9.92. The Kier molecular flexibility index (Phi) is 5.32. The van der Waals surface area contributed by atoms with Gasteiger partial charge in [0.05, 0.1) is 0 Å². The van der Waals surface area contributed by atoms with Crippen LogP contribution in [-0.2, 0) is 6.42 Å². The lowest BCUT2D eigenvalue weighted by Crippen LogP contribution is -2.14. The molecule has 0 fully saturated rings. The molecule has 1 aromatic rings. The van der Waals surface area contributed by atoms with Crippen LogP contribution in [0.4, 0.5) is 0 Å². The second-order valence-corrected chi connectivity index (χ2v) is 6.60. The molecular formula is C14H27N3O. The fourth-order valence-electron chi connectivity index (χ4n) is 1.88. The van der Waals surface area contributed by atoms with Crippen molar-refractivity contribution in [2.45, 2.75) is 72.3 Å². The molecule has 0 saturated carbocycles. The summed E-state index contributed by atoms with van der Waals surface area (Å²) in [5.74, 6) is 1.90. The molecule has 1 aromatic heterocycles. The Morgan fingerprint density at radius 3 is 2.44 bits per heavy atom. The first-order valence-corrected chi connectivity index (χ1v) is 6.86. The molecule has 18 heavy (non-hydrogen) atoms. The molecule has 4 heteroatoms. The highest BCUT2D eigenvalue weighted by Crippen LogP contribution is 2.23. The first kappa shape index (κ1) is 15.2. The maximum absolute atomic E-state index is 5.74. The minimum absolute atomic E-state index is 0.194. The van der Waals surface area contributed by atoms with Crippen LogP contribution in [0.5, 0.6) is 0 Å². The summed E-state index contributed by atoms with van der Waals surface area (Å²) in [5, 5.41) is 4.06. The van der Waals surface area contributed by atoms with E-state index in [1.807, 2.05) is 6.92 Å². The van der Waals surface area contributed by atoms with Crippen molar-refractivity contribution in [1.82, 2.24) is 10.1 Å². The average molecular weight is 253 g/mol. The molecule has 0 amide bonds. The van der Waals surface area contributed by atoms with Crippen LogP contribution in [0.3, 0.4) is 0 Å². The lowest BCUT2D eigenvalue weighted by molar-refractivity contribution is 0.336. The van der Waals surface area contributed by atoms with Crippen molar-refractivity contribution in [1.29, 1.82) is 0 Å². The van der Waals surface area contributed by atoms with Crippen LogP contribution in [0.25, 0.3) is 0 Å². The molecule has 0 aliphatic heterocycles. The van der Waals surface area contributed by atoms with Gasteiger partial charge in [0.1, 0.15) is 0 Å². The van der Waals surface area contributed by atoms with Crippen molar-refractivity contribution in [3.05, 3.63) is 11.7 Å². The van der Waals surface area contributed by atoms with E-state index >= 15 is 0 Å². The van der Waals surface area contributed by atoms with E-state index in [0.29, 0.717) is 5.92 Å². The fraction of sp³-hybridized carbons (Fsp3) is 0.857. The average Bonchev–Trinajstić information content (AvgIpc) is 2.62. The minimum Gasteiger partial charge on any atom is -0.339 e. The standard InChI is InChI=1S/C14H27N3O/c1-10(7-6-8-11(2)15)13-16-12(17-18-13)9-14(3,4)5/h10-11H,6-9,15H2,1-5H3. The van der Waals surface area contributed by atoms with Crippen molar-refractivity contribution >= 4 is 0 Å². The lowest BCUT2D eigenvalue weighted by Gasteiger charge is -2.14. The molecule has 1 rings (SSSR count). The number of aromatic nitrogens is 2. The molecule has 2 atom stereocenters. The topological polar surface area (TPSA) is 64.9 Å². The van der Waals surface area contributed by atoms with E-state index in [0.717, 1.165) is 37.4 Å². The van der Waals surface area contributed by atoms with Crippen molar-refractivity contribution in [3.8, 4) is 0 Å². The molecular weight excluding hydrogens is 226 g/mol. The highest BCUT2D eigenvalue weighted by Gasteiger charge is 2.18. The largest absolute Gasteiger partial charge is 0.339 e. The molecule has 4 nitrogen and oxygen atoms in total. The van der Waals surface area contributed by atoms with Gasteiger partial charge in [0, 0.05) is 18.4 Å². The van der Waals surface area contributed by atoms with Crippen LogP contribution in [0, 0.1) is 5.41 Å². The Bertz CT molecular complexity index is 352. The third kappa shape index (κ3) is 5.63. The molecule has 1 heterocycles. The second kappa shape index (κ2) is 6.32. The Balaban J connectivity index is 2.46. The van der Waals surface area contributed by atoms with Crippen molar-refractivity contribution < 1.29 is 4.52 Å². The van der Waals surface area contributed by atoms with E-state index in [1.54, 1.807) is 0 Å². The first-order valence-electron chi connectivity index (χ1n) is 6.86. The molecule has 0 radical (unpaired) electrons. The van der Waals surface area contributed by atoms with Crippen LogP contribution < -0.4 is 5.73 Å². The number of rotatable bonds is 6. The third-order valence-electron chi connectivity index (χ3n) is 2.89. The molecule has 0 bridgehead atoms. The Labute approximate surface area is 110 Å². The Morgan fingerprint density at radius 2 is 1.89 bits per heavy atom. The highest BCUT2D eigenvalue weighted by molar-refractivity contribution is 4.94. The van der Waals surface area contributed by atoms with Gasteiger partial charge in [-0.2, -0.15) is 4.98 Å². The molecule has 0 aliphatic rings. The van der Waals surface area contributed by atoms with Gasteiger partial charge in [-0.1, -0.05) is 39.3 Å². The predicted molar refractivity (Wildman–Crippen MR) is 73.4 cm³/mol. The first-order chi connectivity index (χ1) is 8.28. The van der Waals surface area contributed by atoms with E-state index in [9.17, 15) is 0 Å². The summed E-state index contributed by atoms with van der Waals surface area (Å²) in [6.45, 7) is 10.7. The number of hydrogen-bond acceptors (Lipinski definition) is 4. The van der Waals surface area contributed by atoms with Gasteiger partial charge in [0.2, 0.25) is 5.89 Å². The summed E-state index contributed by atoms with van der Waals surface area (Å²) in [7, 11) is 0. The zero-order valence-corrected chi connectivity index (χ0v) is 12.4. The third-order valence-corrected chi connectivity index (χ3v) is 2.89. The highest BCUT2D eigenvalue weighted by atomic mass is 16.5. The predicted octanol–water partition coefficient (Wildman–Crippen LogP) is 3.28. The van der Waals surface area contributed by atoms with Gasteiger partial charge in [-0.05, 0) is 25.2 Å². The SMILES string of the molecule is CC(N)CCCC(C)c1nc(CC(C)(C)C)no1. The van der Waals surface area contributed by atoms with E-state index < -0.39 is 0 Å². The van der Waals surface area contributed by atoms with Gasteiger partial charge in [0.15, 0.2) is 5.82 Å². The van der Waals surface area contributed by atoms with Gasteiger partial charge in [-0.25, -0.2) is 0 Å². The van der Waals surface area contributed by atoms with Gasteiger partial charge in [-0.15, -0.1) is 0 Å². The molecule has 0 aliphatic carbocycles. The second-order valence-electron chi connectivity index (χ2n) is 6.60. The van der Waals surface area contributed by atoms with Crippen molar-refractivity contribution in [2.75, 3.05) is 0 Å². The Morgan fingerprint density at radius 1 is 1.22 bits per heavy atom. The number of nitrogens with zero attached hydrogens (tertiary/aromatic N) is 2. The Hall–Kier alpha value is -0.900. The monoisotopic (exact) mass is 253 g/mol. The van der Waals surface area contributed by atoms with Gasteiger partial charge in [-0.3, -0.25) is 0 Å². The summed E-state index contributed by atoms with van der Waals surface area (Å²) < 4.78 is 5.34. The summed E-state index contributed by atoms with van der Waals surface area (Å²) in [4.78, 5) is 4.48. The molecule has 0 aromatic carbocycles. The van der Waals surface area contributed by atoms with Gasteiger partial charge >= 0.3 is 0 Å². The molecule has 0 spiro atoms. The van der Waals surface area contributed by atoms with Crippen LogP contribution in [0.1, 0.15) is 71.5 Å². The number of nitrogens with two attached hydrogens (primary N) is 1. The molecule has 2 N–H and O–H groups in total. The normalized spacial score (nSPS) is 15.7. The van der Waals surface area contributed by atoms with E-state index in [4.69, 9.17) is 10.3 Å². The summed E-state index contributed by atoms with van der Waals surface area (Å²) in [6, 6.07) is 0.274. The maximum Gasteiger partial charge on any atom is 0.229 e. The smallest absolute Gasteiger partial charge is 0.229 e. The summed E-state index contributed by atoms with van der Waals surface area (Å²) >= 11 is 0. The maximum atomic E-state index is 5.74. The van der Waals surface area contributed by atoms with Crippen LogP contribution in [0.15, 0.2) is 4.52 Å². The van der Waals surface area contributed by atoms with E-state index in [1.165, 1.54) is 0 Å². The summed E-state index contributed by atoms with van der Waals surface area (Å²) in [6.07, 6.45) is 4.06. The zero-order valence-electron chi connectivity index (χ0n) is 12.4. The van der Waals surface area contributed by atoms with E-state index in [2.05, 4.69) is 37.8 Å². The molecule has 0 saturated heterocycles. The zero-order chi connectivity index (χ0) is 13.8. The van der Waals surface area contributed by atoms with Crippen LogP contribution >= 0.6 is 0 Å². The van der Waals surface area contributed by atoms with Gasteiger partial charge < -0.3 is 10.3 Å². The number of hydrogen-bond donors (Lipinski definition) is 1. The molecule has 104 valence electrons. The summed E-state index contributed by atoms with van der Waals surface area (Å²) in [5.41, 5.74) is 5.93. The molecule has 2 unspecified atom stereocenters. The van der Waals surface area contributed by atoms with Crippen molar-refractivity contribution in [2.24, 2.45) is 11.1 Å². The van der Waals surface area contributed by atoms with Crippen LogP contribution in [0.2, 0.25) is 0 Å². The van der Waals surface area contributed by atoms with Gasteiger partial charge in [0.25, 0.3) is 0 Å².